The number of fused-ring (bicyclic) bond motifs is 2. The molecule has 44 heavy (non-hydrogen) atoms. The Morgan fingerprint density at radius 1 is 0.909 bits per heavy atom. The highest BCUT2D eigenvalue weighted by Crippen LogP contribution is 2.52. The van der Waals surface area contributed by atoms with Crippen LogP contribution in [0.15, 0.2) is 118 Å². The van der Waals surface area contributed by atoms with Crippen molar-refractivity contribution >= 4 is 40.8 Å². The molecule has 0 fully saturated rings. The van der Waals surface area contributed by atoms with Gasteiger partial charge in [0.2, 0.25) is 6.79 Å². The number of para-hydroxylation sites is 2. The van der Waals surface area contributed by atoms with Gasteiger partial charge in [0.1, 0.15) is 23.1 Å². The molecule has 222 valence electrons. The van der Waals surface area contributed by atoms with E-state index in [-0.39, 0.29) is 18.6 Å². The maximum absolute atomic E-state index is 14.7. The fraction of sp³-hybridized carbons (Fsp3) is 0.121. The summed E-state index contributed by atoms with van der Waals surface area (Å²) in [7, 11) is -4.18. The average molecular weight is 690 g/mol. The molecule has 1 unspecified atom stereocenters. The molecule has 7 rings (SSSR count). The van der Waals surface area contributed by atoms with E-state index in [1.807, 2.05) is 47.8 Å². The van der Waals surface area contributed by atoms with E-state index in [4.69, 9.17) is 23.3 Å². The van der Waals surface area contributed by atoms with E-state index in [0.29, 0.717) is 41.8 Å². The van der Waals surface area contributed by atoms with Crippen molar-refractivity contribution in [2.75, 3.05) is 6.79 Å². The summed E-state index contributed by atoms with van der Waals surface area (Å²) < 4.78 is 43.7. The van der Waals surface area contributed by atoms with Gasteiger partial charge in [0.05, 0.1) is 6.04 Å². The van der Waals surface area contributed by atoms with Crippen LogP contribution in [0.5, 0.6) is 28.7 Å². The van der Waals surface area contributed by atoms with Crippen LogP contribution in [0.2, 0.25) is 0 Å². The van der Waals surface area contributed by atoms with Gasteiger partial charge in [-0.05, 0) is 76.7 Å². The Labute approximate surface area is 266 Å². The second kappa shape index (κ2) is 12.0. The molecule has 5 aromatic rings. The molecular formula is C33H26BrN2O6PS. The monoisotopic (exact) mass is 688 g/mol. The van der Waals surface area contributed by atoms with E-state index in [0.717, 1.165) is 26.0 Å². The number of nitrogens with zero attached hydrogens (tertiary/aromatic N) is 2. The predicted molar refractivity (Wildman–Crippen MR) is 173 cm³/mol. The Balaban J connectivity index is 1.39. The number of hydrogen-bond acceptors (Lipinski definition) is 7. The normalized spacial score (nSPS) is 16.5. The lowest BCUT2D eigenvalue weighted by Gasteiger charge is -2.40. The molecule has 2 aliphatic rings. The fourth-order valence-corrected chi connectivity index (χ4v) is 7.98. The second-order valence-corrected chi connectivity index (χ2v) is 13.5. The molecule has 3 heterocycles. The van der Waals surface area contributed by atoms with Crippen LogP contribution in [0.25, 0.3) is 0 Å². The molecule has 1 atom stereocenters. The predicted octanol–water partition coefficient (Wildman–Crippen LogP) is 8.76. The van der Waals surface area contributed by atoms with Gasteiger partial charge in [0.15, 0.2) is 11.5 Å². The van der Waals surface area contributed by atoms with Crippen LogP contribution in [0.1, 0.15) is 27.6 Å². The number of ether oxygens (including phenoxy) is 2. The molecule has 0 saturated heterocycles. The van der Waals surface area contributed by atoms with Crippen molar-refractivity contribution in [2.45, 2.75) is 19.0 Å². The standard InChI is InChI=1S/C33H26BrN2O6PS/c34-28-19-30-29(39-21-40-30)16-23(28)20-36-32(17-22-13-14-24(37)18-27(22)33(36)31-12-7-15-44-31)35-43(38,41-25-8-3-1-4-9-25)42-26-10-5-2-6-11-26/h1-16,18-19,33,37H,17,20-21H2/b35-32-. The molecule has 0 amide bonds. The number of hydrogen-bond donors (Lipinski definition) is 1. The molecule has 0 bridgehead atoms. The van der Waals surface area contributed by atoms with E-state index in [9.17, 15) is 9.67 Å². The van der Waals surface area contributed by atoms with Crippen molar-refractivity contribution in [1.29, 1.82) is 0 Å². The van der Waals surface area contributed by atoms with Gasteiger partial charge < -0.3 is 28.5 Å². The van der Waals surface area contributed by atoms with Crippen LogP contribution in [0.3, 0.4) is 0 Å². The summed E-state index contributed by atoms with van der Waals surface area (Å²) in [6, 6.07) is 30.6. The number of aromatic hydroxyl groups is 1. The Hall–Kier alpha value is -4.24. The van der Waals surface area contributed by atoms with Crippen molar-refractivity contribution in [3.63, 3.8) is 0 Å². The first kappa shape index (κ1) is 28.5. The zero-order valence-corrected chi connectivity index (χ0v) is 26.5. The zero-order chi connectivity index (χ0) is 30.1. The first-order valence-corrected chi connectivity index (χ1v) is 17.0. The van der Waals surface area contributed by atoms with E-state index < -0.39 is 7.75 Å². The Morgan fingerprint density at radius 2 is 1.59 bits per heavy atom. The summed E-state index contributed by atoms with van der Waals surface area (Å²) in [4.78, 5) is 3.12. The average Bonchev–Trinajstić information content (AvgIpc) is 3.71. The maximum atomic E-state index is 14.7. The number of thiophene rings is 1. The van der Waals surface area contributed by atoms with Gasteiger partial charge in [0.25, 0.3) is 0 Å². The van der Waals surface area contributed by atoms with Crippen LogP contribution < -0.4 is 18.5 Å². The number of benzene rings is 4. The van der Waals surface area contributed by atoms with Crippen molar-refractivity contribution in [3.05, 3.63) is 135 Å². The zero-order valence-electron chi connectivity index (χ0n) is 23.2. The molecule has 0 aliphatic carbocycles. The summed E-state index contributed by atoms with van der Waals surface area (Å²) in [5.74, 6) is 2.74. The molecule has 1 N–H and O–H groups in total. The van der Waals surface area contributed by atoms with Crippen LogP contribution in [-0.4, -0.2) is 22.6 Å². The SMILES string of the molecule is O=P(/N=C1/Cc2ccc(O)cc2C(c2cccs2)N1Cc1cc2c(cc1Br)OCO2)(Oc1ccccc1)Oc1ccccc1. The number of halogens is 1. The minimum atomic E-state index is -4.18. The lowest BCUT2D eigenvalue weighted by molar-refractivity contribution is 0.174. The molecule has 11 heteroatoms. The molecule has 2 aliphatic heterocycles. The van der Waals surface area contributed by atoms with Gasteiger partial charge in [-0.15, -0.1) is 16.1 Å². The van der Waals surface area contributed by atoms with E-state index in [1.54, 1.807) is 72.0 Å². The fourth-order valence-electron chi connectivity index (χ4n) is 5.31. The Bertz CT molecular complexity index is 1830. The summed E-state index contributed by atoms with van der Waals surface area (Å²) in [5.41, 5.74) is 2.80. The van der Waals surface area contributed by atoms with Crippen LogP contribution in [-0.2, 0) is 17.5 Å². The highest BCUT2D eigenvalue weighted by Gasteiger charge is 2.38. The van der Waals surface area contributed by atoms with E-state index in [1.165, 1.54) is 0 Å². The minimum absolute atomic E-state index is 0.156. The first-order valence-electron chi connectivity index (χ1n) is 13.8. The van der Waals surface area contributed by atoms with Gasteiger partial charge in [-0.1, -0.05) is 64.5 Å². The molecule has 4 aromatic carbocycles. The van der Waals surface area contributed by atoms with E-state index >= 15 is 0 Å². The summed E-state index contributed by atoms with van der Waals surface area (Å²) >= 11 is 5.31. The minimum Gasteiger partial charge on any atom is -0.508 e. The molecule has 1 aromatic heterocycles. The third-order valence-corrected chi connectivity index (χ3v) is 10.3. The van der Waals surface area contributed by atoms with Gasteiger partial charge in [0, 0.05) is 22.3 Å². The number of amidine groups is 1. The molecule has 0 spiro atoms. The topological polar surface area (TPSA) is 89.8 Å². The van der Waals surface area contributed by atoms with Gasteiger partial charge >= 0.3 is 7.75 Å². The van der Waals surface area contributed by atoms with E-state index in [2.05, 4.69) is 20.8 Å². The molecule has 0 saturated carbocycles. The highest BCUT2D eigenvalue weighted by atomic mass is 79.9. The summed E-state index contributed by atoms with van der Waals surface area (Å²) in [6.45, 7) is 0.521. The van der Waals surface area contributed by atoms with Crippen molar-refractivity contribution in [3.8, 4) is 28.7 Å². The number of phenols is 1. The first-order chi connectivity index (χ1) is 21.4. The van der Waals surface area contributed by atoms with Crippen LogP contribution in [0, 0.1) is 0 Å². The van der Waals surface area contributed by atoms with Crippen molar-refractivity contribution < 1.29 is 28.2 Å². The number of rotatable bonds is 8. The summed E-state index contributed by atoms with van der Waals surface area (Å²) in [6.07, 6.45) is 0.333. The van der Waals surface area contributed by atoms with Gasteiger partial charge in [-0.2, -0.15) is 0 Å². The Kier molecular flexibility index (Phi) is 7.80. The highest BCUT2D eigenvalue weighted by molar-refractivity contribution is 9.10. The van der Waals surface area contributed by atoms with Gasteiger partial charge in [-0.3, -0.25) is 0 Å². The largest absolute Gasteiger partial charge is 0.564 e. The third-order valence-electron chi connectivity index (χ3n) is 7.28. The number of phenolic OH excluding ortho intramolecular Hbond substituents is 1. The van der Waals surface area contributed by atoms with Crippen molar-refractivity contribution in [2.24, 2.45) is 4.76 Å². The van der Waals surface area contributed by atoms with Crippen molar-refractivity contribution in [1.82, 2.24) is 4.90 Å². The quantitative estimate of drug-likeness (QED) is 0.163. The maximum Gasteiger partial charge on any atom is 0.564 e. The Morgan fingerprint density at radius 3 is 2.25 bits per heavy atom. The van der Waals surface area contributed by atoms with Crippen LogP contribution >= 0.6 is 35.0 Å². The smallest absolute Gasteiger partial charge is 0.508 e. The summed E-state index contributed by atoms with van der Waals surface area (Å²) in [5, 5.41) is 12.6. The molecular weight excluding hydrogens is 663 g/mol. The second-order valence-electron chi connectivity index (χ2n) is 10.2. The lowest BCUT2D eigenvalue weighted by Crippen LogP contribution is -2.40. The molecule has 8 nitrogen and oxygen atoms in total. The van der Waals surface area contributed by atoms with Gasteiger partial charge in [-0.25, -0.2) is 4.57 Å². The third kappa shape index (κ3) is 5.93. The molecule has 0 radical (unpaired) electrons. The van der Waals surface area contributed by atoms with Crippen LogP contribution in [0.4, 0.5) is 0 Å². The lowest BCUT2D eigenvalue weighted by atomic mass is 9.90.